The molecular weight excluding hydrogens is 422 g/mol. The summed E-state index contributed by atoms with van der Waals surface area (Å²) in [5.74, 6) is 0.801. The fourth-order valence-electron chi connectivity index (χ4n) is 4.04. The van der Waals surface area contributed by atoms with Crippen LogP contribution in [0.3, 0.4) is 0 Å². The number of benzene rings is 3. The lowest BCUT2D eigenvalue weighted by molar-refractivity contribution is 0.102. The van der Waals surface area contributed by atoms with Crippen LogP contribution in [-0.2, 0) is 5.41 Å². The minimum absolute atomic E-state index is 0.0673. The highest BCUT2D eigenvalue weighted by Crippen LogP contribution is 2.25. The summed E-state index contributed by atoms with van der Waals surface area (Å²) in [5, 5.41) is 6.37. The number of hydrogen-bond acceptors (Lipinski definition) is 4. The summed E-state index contributed by atoms with van der Waals surface area (Å²) in [6.45, 7) is 8.66. The highest BCUT2D eigenvalue weighted by Gasteiger charge is 2.18. The third-order valence-electron chi connectivity index (χ3n) is 6.27. The molecule has 1 aliphatic heterocycles. The van der Waals surface area contributed by atoms with Gasteiger partial charge in [-0.1, -0.05) is 32.9 Å². The number of hydrogen-bond donors (Lipinski definition) is 2. The van der Waals surface area contributed by atoms with E-state index in [1.165, 1.54) is 5.56 Å². The Labute approximate surface area is 203 Å². The van der Waals surface area contributed by atoms with Crippen LogP contribution in [0.5, 0.6) is 5.75 Å². The van der Waals surface area contributed by atoms with Gasteiger partial charge in [-0.05, 0) is 91.5 Å². The quantitative estimate of drug-likeness (QED) is 0.446. The third-order valence-corrected chi connectivity index (χ3v) is 6.27. The van der Waals surface area contributed by atoms with Gasteiger partial charge >= 0.3 is 0 Å². The molecule has 5 heteroatoms. The van der Waals surface area contributed by atoms with Crippen molar-refractivity contribution in [2.24, 2.45) is 0 Å². The van der Waals surface area contributed by atoms with Crippen LogP contribution in [0.15, 0.2) is 72.8 Å². The summed E-state index contributed by atoms with van der Waals surface area (Å²) >= 11 is 0. The van der Waals surface area contributed by atoms with E-state index in [2.05, 4.69) is 43.4 Å². The number of rotatable bonds is 6. The summed E-state index contributed by atoms with van der Waals surface area (Å²) in [6, 6.07) is 23.6. The molecule has 2 N–H and O–H groups in total. The molecule has 0 radical (unpaired) electrons. The highest BCUT2D eigenvalue weighted by molar-refractivity contribution is 6.04. The second kappa shape index (κ2) is 10.3. The van der Waals surface area contributed by atoms with Crippen molar-refractivity contribution in [2.45, 2.75) is 45.1 Å². The molecule has 178 valence electrons. The lowest BCUT2D eigenvalue weighted by Gasteiger charge is -2.29. The Morgan fingerprint density at radius 2 is 1.35 bits per heavy atom. The molecule has 5 nitrogen and oxygen atoms in total. The van der Waals surface area contributed by atoms with E-state index in [1.807, 2.05) is 72.8 Å². The predicted molar refractivity (Wildman–Crippen MR) is 140 cm³/mol. The fraction of sp³-hybridized carbons (Fsp3) is 0.345. The van der Waals surface area contributed by atoms with Gasteiger partial charge in [0.05, 0.1) is 0 Å². The standard InChI is InChI=1S/C29H35N3O2/c1-29(2,3)22-7-5-21(6-8-22)28(33)31-25-11-9-23(10-12-25)30-24-13-15-26(16-14-24)34-27-17-19-32(4)20-18-27/h5-16,27,30H,17-20H2,1-4H3,(H,31,33). The van der Waals surface area contributed by atoms with E-state index in [9.17, 15) is 4.79 Å². The zero-order valence-electron chi connectivity index (χ0n) is 20.6. The van der Waals surface area contributed by atoms with Crippen molar-refractivity contribution in [1.82, 2.24) is 4.90 Å². The summed E-state index contributed by atoms with van der Waals surface area (Å²) in [5.41, 5.74) is 4.64. The van der Waals surface area contributed by atoms with Gasteiger partial charge in [-0.2, -0.15) is 0 Å². The summed E-state index contributed by atoms with van der Waals surface area (Å²) in [6.07, 6.45) is 2.44. The second-order valence-electron chi connectivity index (χ2n) is 10.1. The average molecular weight is 458 g/mol. The molecule has 34 heavy (non-hydrogen) atoms. The molecule has 3 aromatic carbocycles. The van der Waals surface area contributed by atoms with Crippen LogP contribution in [-0.4, -0.2) is 37.0 Å². The van der Waals surface area contributed by atoms with Crippen LogP contribution in [0.1, 0.15) is 49.5 Å². The van der Waals surface area contributed by atoms with Gasteiger partial charge in [-0.3, -0.25) is 4.79 Å². The first-order valence-corrected chi connectivity index (χ1v) is 12.0. The number of likely N-dealkylation sites (tertiary alicyclic amines) is 1. The van der Waals surface area contributed by atoms with E-state index in [4.69, 9.17) is 4.74 Å². The number of amides is 1. The molecule has 0 aromatic heterocycles. The van der Waals surface area contributed by atoms with Crippen LogP contribution in [0, 0.1) is 0 Å². The molecular formula is C29H35N3O2. The predicted octanol–water partition coefficient (Wildman–Crippen LogP) is 6.45. The Bertz CT molecular complexity index is 1080. The van der Waals surface area contributed by atoms with Gasteiger partial charge in [0, 0.05) is 35.7 Å². The molecule has 1 heterocycles. The maximum atomic E-state index is 12.6. The van der Waals surface area contributed by atoms with Gasteiger partial charge in [0.2, 0.25) is 0 Å². The average Bonchev–Trinajstić information content (AvgIpc) is 2.82. The maximum absolute atomic E-state index is 12.6. The first kappa shape index (κ1) is 23.8. The molecule has 3 aromatic rings. The molecule has 1 fully saturated rings. The van der Waals surface area contributed by atoms with Gasteiger partial charge in [-0.15, -0.1) is 0 Å². The molecule has 1 amide bonds. The molecule has 1 aliphatic rings. The van der Waals surface area contributed by atoms with Gasteiger partial charge in [0.15, 0.2) is 0 Å². The monoisotopic (exact) mass is 457 g/mol. The molecule has 4 rings (SSSR count). The van der Waals surface area contributed by atoms with E-state index in [1.54, 1.807) is 0 Å². The molecule has 0 aliphatic carbocycles. The van der Waals surface area contributed by atoms with E-state index < -0.39 is 0 Å². The molecule has 0 unspecified atom stereocenters. The maximum Gasteiger partial charge on any atom is 0.255 e. The van der Waals surface area contributed by atoms with Gasteiger partial charge in [0.25, 0.3) is 5.91 Å². The normalized spacial score (nSPS) is 15.1. The third kappa shape index (κ3) is 6.39. The van der Waals surface area contributed by atoms with Gasteiger partial charge in [-0.25, -0.2) is 0 Å². The largest absolute Gasteiger partial charge is 0.490 e. The SMILES string of the molecule is CN1CCC(Oc2ccc(Nc3ccc(NC(=O)c4ccc(C(C)(C)C)cc4)cc3)cc2)CC1. The van der Waals surface area contributed by atoms with Crippen LogP contribution >= 0.6 is 0 Å². The van der Waals surface area contributed by atoms with Crippen molar-refractivity contribution in [3.63, 3.8) is 0 Å². The number of nitrogens with one attached hydrogen (secondary N) is 2. The molecule has 0 saturated carbocycles. The molecule has 0 spiro atoms. The Hall–Kier alpha value is -3.31. The number of nitrogens with zero attached hydrogens (tertiary/aromatic N) is 1. The van der Waals surface area contributed by atoms with Crippen molar-refractivity contribution in [3.8, 4) is 5.75 Å². The van der Waals surface area contributed by atoms with Crippen LogP contribution in [0.2, 0.25) is 0 Å². The van der Waals surface area contributed by atoms with Crippen LogP contribution < -0.4 is 15.4 Å². The second-order valence-corrected chi connectivity index (χ2v) is 10.1. The molecule has 0 atom stereocenters. The molecule has 0 bridgehead atoms. The van der Waals surface area contributed by atoms with E-state index in [-0.39, 0.29) is 11.3 Å². The topological polar surface area (TPSA) is 53.6 Å². The Morgan fingerprint density at radius 1 is 0.824 bits per heavy atom. The summed E-state index contributed by atoms with van der Waals surface area (Å²) < 4.78 is 6.13. The van der Waals surface area contributed by atoms with Crippen molar-refractivity contribution in [1.29, 1.82) is 0 Å². The van der Waals surface area contributed by atoms with E-state index >= 15 is 0 Å². The summed E-state index contributed by atoms with van der Waals surface area (Å²) in [4.78, 5) is 14.9. The van der Waals surface area contributed by atoms with Gasteiger partial charge < -0.3 is 20.3 Å². The number of piperidine rings is 1. The molecule has 1 saturated heterocycles. The first-order valence-electron chi connectivity index (χ1n) is 12.0. The zero-order valence-corrected chi connectivity index (χ0v) is 20.6. The van der Waals surface area contributed by atoms with Gasteiger partial charge in [0.1, 0.15) is 11.9 Å². The van der Waals surface area contributed by atoms with Crippen LogP contribution in [0.4, 0.5) is 17.1 Å². The van der Waals surface area contributed by atoms with Crippen molar-refractivity contribution in [2.75, 3.05) is 30.8 Å². The Kier molecular flexibility index (Phi) is 7.23. The van der Waals surface area contributed by atoms with E-state index in [0.717, 1.165) is 48.7 Å². The number of carbonyl (C=O) groups is 1. The van der Waals surface area contributed by atoms with Crippen molar-refractivity contribution in [3.05, 3.63) is 83.9 Å². The lowest BCUT2D eigenvalue weighted by atomic mass is 9.87. The first-order chi connectivity index (χ1) is 16.3. The van der Waals surface area contributed by atoms with Crippen LogP contribution in [0.25, 0.3) is 0 Å². The number of anilines is 3. The lowest BCUT2D eigenvalue weighted by Crippen LogP contribution is -2.35. The minimum Gasteiger partial charge on any atom is -0.490 e. The number of ether oxygens (including phenoxy) is 1. The summed E-state index contributed by atoms with van der Waals surface area (Å²) in [7, 11) is 2.16. The van der Waals surface area contributed by atoms with Crippen molar-refractivity contribution >= 4 is 23.0 Å². The Morgan fingerprint density at radius 3 is 1.91 bits per heavy atom. The zero-order chi connectivity index (χ0) is 24.1. The van der Waals surface area contributed by atoms with E-state index in [0.29, 0.717) is 11.7 Å². The highest BCUT2D eigenvalue weighted by atomic mass is 16.5. The van der Waals surface area contributed by atoms with Crippen molar-refractivity contribution < 1.29 is 9.53 Å². The Balaban J connectivity index is 1.30. The smallest absolute Gasteiger partial charge is 0.255 e. The number of carbonyl (C=O) groups excluding carboxylic acids is 1. The minimum atomic E-state index is -0.110. The fourth-order valence-corrected chi connectivity index (χ4v) is 4.04.